The standard InChI is InChI=1S/C12H14Cl2N4O/c13-7-5-9-10(6-8(7)14)18(12(16)17-9)4-2-1-3-11(15)19/h5-6H,1-4H2,(H2,15,19)(H2,16,17). The Morgan fingerprint density at radius 1 is 1.26 bits per heavy atom. The van der Waals surface area contributed by atoms with Crippen molar-refractivity contribution >= 4 is 46.1 Å². The summed E-state index contributed by atoms with van der Waals surface area (Å²) >= 11 is 11.9. The zero-order chi connectivity index (χ0) is 14.0. The first-order valence-corrected chi connectivity index (χ1v) is 6.63. The van der Waals surface area contributed by atoms with Gasteiger partial charge in [0, 0.05) is 13.0 Å². The van der Waals surface area contributed by atoms with Gasteiger partial charge in [0.05, 0.1) is 21.1 Å². The number of nitrogens with two attached hydrogens (primary N) is 2. The topological polar surface area (TPSA) is 86.9 Å². The van der Waals surface area contributed by atoms with E-state index in [4.69, 9.17) is 34.7 Å². The second-order valence-corrected chi connectivity index (χ2v) is 5.11. The highest BCUT2D eigenvalue weighted by Crippen LogP contribution is 2.29. The lowest BCUT2D eigenvalue weighted by atomic mass is 10.2. The lowest BCUT2D eigenvalue weighted by molar-refractivity contribution is -0.118. The molecular formula is C12H14Cl2N4O. The number of anilines is 1. The summed E-state index contributed by atoms with van der Waals surface area (Å²) in [5, 5.41) is 0.917. The van der Waals surface area contributed by atoms with E-state index >= 15 is 0 Å². The van der Waals surface area contributed by atoms with Crippen LogP contribution < -0.4 is 11.5 Å². The largest absolute Gasteiger partial charge is 0.370 e. The van der Waals surface area contributed by atoms with Crippen LogP contribution in [0.5, 0.6) is 0 Å². The molecule has 2 rings (SSSR count). The summed E-state index contributed by atoms with van der Waals surface area (Å²) in [6.07, 6.45) is 1.88. The van der Waals surface area contributed by atoms with Crippen LogP contribution in [0, 0.1) is 0 Å². The summed E-state index contributed by atoms with van der Waals surface area (Å²) in [6.45, 7) is 0.660. The SMILES string of the molecule is NC(=O)CCCCn1c(N)nc2cc(Cl)c(Cl)cc21. The summed E-state index contributed by atoms with van der Waals surface area (Å²) in [7, 11) is 0. The lowest BCUT2D eigenvalue weighted by Gasteiger charge is -2.06. The van der Waals surface area contributed by atoms with Gasteiger partial charge in [-0.1, -0.05) is 23.2 Å². The normalized spacial score (nSPS) is 11.1. The number of hydrogen-bond acceptors (Lipinski definition) is 3. The van der Waals surface area contributed by atoms with Crippen LogP contribution in [0.15, 0.2) is 12.1 Å². The molecule has 0 aliphatic rings. The maximum Gasteiger partial charge on any atom is 0.217 e. The first kappa shape index (κ1) is 14.0. The molecule has 0 aliphatic heterocycles. The number of primary amides is 1. The van der Waals surface area contributed by atoms with Gasteiger partial charge in [0.1, 0.15) is 0 Å². The van der Waals surface area contributed by atoms with Crippen molar-refractivity contribution in [3.8, 4) is 0 Å². The van der Waals surface area contributed by atoms with Crippen LogP contribution in [-0.2, 0) is 11.3 Å². The minimum atomic E-state index is -0.293. The zero-order valence-corrected chi connectivity index (χ0v) is 11.7. The number of aromatic nitrogens is 2. The fourth-order valence-corrected chi connectivity index (χ4v) is 2.26. The van der Waals surface area contributed by atoms with Crippen molar-refractivity contribution in [2.24, 2.45) is 5.73 Å². The van der Waals surface area contributed by atoms with Crippen LogP contribution in [0.2, 0.25) is 10.0 Å². The molecule has 102 valence electrons. The molecule has 1 amide bonds. The van der Waals surface area contributed by atoms with Crippen LogP contribution in [0.4, 0.5) is 5.95 Å². The van der Waals surface area contributed by atoms with E-state index in [9.17, 15) is 4.79 Å². The highest BCUT2D eigenvalue weighted by Gasteiger charge is 2.10. The molecular weight excluding hydrogens is 287 g/mol. The highest BCUT2D eigenvalue weighted by atomic mass is 35.5. The Labute approximate surface area is 120 Å². The molecule has 0 radical (unpaired) electrons. The van der Waals surface area contributed by atoms with E-state index in [-0.39, 0.29) is 5.91 Å². The Bertz CT molecular complexity index is 624. The molecule has 1 aromatic carbocycles. The quantitative estimate of drug-likeness (QED) is 0.832. The van der Waals surface area contributed by atoms with Crippen molar-refractivity contribution in [2.75, 3.05) is 5.73 Å². The van der Waals surface area contributed by atoms with Gasteiger partial charge in [0.15, 0.2) is 0 Å². The van der Waals surface area contributed by atoms with Gasteiger partial charge in [-0.3, -0.25) is 4.79 Å². The summed E-state index contributed by atoms with van der Waals surface area (Å²) < 4.78 is 1.86. The third kappa shape index (κ3) is 3.11. The molecule has 0 saturated heterocycles. The first-order chi connectivity index (χ1) is 8.99. The van der Waals surface area contributed by atoms with Crippen molar-refractivity contribution < 1.29 is 4.79 Å². The minimum Gasteiger partial charge on any atom is -0.370 e. The lowest BCUT2D eigenvalue weighted by Crippen LogP contribution is -2.10. The van der Waals surface area contributed by atoms with Gasteiger partial charge >= 0.3 is 0 Å². The molecule has 0 unspecified atom stereocenters. The van der Waals surface area contributed by atoms with E-state index in [0.29, 0.717) is 34.5 Å². The van der Waals surface area contributed by atoms with Gasteiger partial charge in [-0.25, -0.2) is 4.98 Å². The maximum atomic E-state index is 10.7. The number of unbranched alkanes of at least 4 members (excludes halogenated alkanes) is 1. The number of amides is 1. The molecule has 0 spiro atoms. The monoisotopic (exact) mass is 300 g/mol. The van der Waals surface area contributed by atoms with E-state index in [1.54, 1.807) is 12.1 Å². The number of carbonyl (C=O) groups excluding carboxylic acids is 1. The number of carbonyl (C=O) groups is 1. The molecule has 0 aliphatic carbocycles. The first-order valence-electron chi connectivity index (χ1n) is 5.88. The number of hydrogen-bond donors (Lipinski definition) is 2. The molecule has 1 aromatic heterocycles. The Morgan fingerprint density at radius 3 is 2.63 bits per heavy atom. The number of nitrogens with zero attached hydrogens (tertiary/aromatic N) is 2. The summed E-state index contributed by atoms with van der Waals surface area (Å²) in [4.78, 5) is 14.9. The van der Waals surface area contributed by atoms with Crippen LogP contribution >= 0.6 is 23.2 Å². The molecule has 0 saturated carbocycles. The fraction of sp³-hybridized carbons (Fsp3) is 0.333. The molecule has 0 fully saturated rings. The third-order valence-corrected chi connectivity index (χ3v) is 3.60. The van der Waals surface area contributed by atoms with Crippen LogP contribution in [0.3, 0.4) is 0 Å². The Hall–Kier alpha value is -1.46. The molecule has 1 heterocycles. The second kappa shape index (κ2) is 5.67. The van der Waals surface area contributed by atoms with E-state index in [1.165, 1.54) is 0 Å². The molecule has 0 bridgehead atoms. The van der Waals surface area contributed by atoms with Gasteiger partial charge in [-0.2, -0.15) is 0 Å². The molecule has 4 N–H and O–H groups in total. The second-order valence-electron chi connectivity index (χ2n) is 4.30. The predicted molar refractivity (Wildman–Crippen MR) is 77.2 cm³/mol. The maximum absolute atomic E-state index is 10.7. The number of imidazole rings is 1. The van der Waals surface area contributed by atoms with Crippen molar-refractivity contribution in [3.05, 3.63) is 22.2 Å². The molecule has 2 aromatic rings. The van der Waals surface area contributed by atoms with Crippen molar-refractivity contribution in [1.82, 2.24) is 9.55 Å². The van der Waals surface area contributed by atoms with Gasteiger partial charge in [-0.05, 0) is 25.0 Å². The number of benzene rings is 1. The van der Waals surface area contributed by atoms with E-state index in [2.05, 4.69) is 4.98 Å². The number of nitrogen functional groups attached to an aromatic ring is 1. The summed E-state index contributed by atoms with van der Waals surface area (Å²) in [6, 6.07) is 3.44. The third-order valence-electron chi connectivity index (χ3n) is 2.87. The average molecular weight is 301 g/mol. The predicted octanol–water partition coefficient (Wildman–Crippen LogP) is 2.58. The number of fused-ring (bicyclic) bond motifs is 1. The van der Waals surface area contributed by atoms with Gasteiger partial charge in [-0.15, -0.1) is 0 Å². The highest BCUT2D eigenvalue weighted by molar-refractivity contribution is 6.42. The van der Waals surface area contributed by atoms with Crippen LogP contribution in [-0.4, -0.2) is 15.5 Å². The van der Waals surface area contributed by atoms with Crippen molar-refractivity contribution in [2.45, 2.75) is 25.8 Å². The molecule has 0 atom stereocenters. The van der Waals surface area contributed by atoms with E-state index in [0.717, 1.165) is 18.4 Å². The summed E-state index contributed by atoms with van der Waals surface area (Å²) in [5.74, 6) is 0.116. The van der Waals surface area contributed by atoms with E-state index in [1.807, 2.05) is 4.57 Å². The molecule has 7 heteroatoms. The number of aryl methyl sites for hydroxylation is 1. The molecule has 19 heavy (non-hydrogen) atoms. The Kier molecular flexibility index (Phi) is 4.17. The van der Waals surface area contributed by atoms with Crippen LogP contribution in [0.25, 0.3) is 11.0 Å². The fourth-order valence-electron chi connectivity index (χ4n) is 1.94. The van der Waals surface area contributed by atoms with Gasteiger partial charge in [0.2, 0.25) is 11.9 Å². The Morgan fingerprint density at radius 2 is 1.95 bits per heavy atom. The van der Waals surface area contributed by atoms with Crippen molar-refractivity contribution in [3.63, 3.8) is 0 Å². The zero-order valence-electron chi connectivity index (χ0n) is 10.2. The smallest absolute Gasteiger partial charge is 0.217 e. The average Bonchev–Trinajstić information content (AvgIpc) is 2.61. The van der Waals surface area contributed by atoms with Crippen molar-refractivity contribution in [1.29, 1.82) is 0 Å². The van der Waals surface area contributed by atoms with Gasteiger partial charge in [0.25, 0.3) is 0 Å². The number of rotatable bonds is 5. The minimum absolute atomic E-state index is 0.293. The molecule has 5 nitrogen and oxygen atoms in total. The van der Waals surface area contributed by atoms with E-state index < -0.39 is 0 Å². The summed E-state index contributed by atoms with van der Waals surface area (Å²) in [5.41, 5.74) is 12.5. The Balaban J connectivity index is 2.20. The van der Waals surface area contributed by atoms with Crippen LogP contribution in [0.1, 0.15) is 19.3 Å². The van der Waals surface area contributed by atoms with Gasteiger partial charge < -0.3 is 16.0 Å². The number of halogens is 2.